The van der Waals surface area contributed by atoms with Gasteiger partial charge < -0.3 is 20.3 Å². The highest BCUT2D eigenvalue weighted by Gasteiger charge is 2.05. The molecule has 0 saturated carbocycles. The number of hydrogen-bond acceptors (Lipinski definition) is 3. The van der Waals surface area contributed by atoms with Gasteiger partial charge in [0.15, 0.2) is 0 Å². The fraction of sp³-hybridized carbons (Fsp3) is 0.588. The number of carbonyl (C=O) groups excluding carboxylic acids is 1. The van der Waals surface area contributed by atoms with Crippen LogP contribution in [0.15, 0.2) is 24.3 Å². The van der Waals surface area contributed by atoms with Crippen LogP contribution in [0.5, 0.6) is 5.75 Å². The smallest absolute Gasteiger partial charge is 0.319 e. The number of urea groups is 1. The summed E-state index contributed by atoms with van der Waals surface area (Å²) >= 11 is 0. The second-order valence-corrected chi connectivity index (χ2v) is 5.27. The molecule has 0 aliphatic carbocycles. The van der Waals surface area contributed by atoms with Gasteiger partial charge in [-0.1, -0.05) is 26.8 Å². The zero-order chi connectivity index (χ0) is 16.4. The lowest BCUT2D eigenvalue weighted by molar-refractivity contribution is 0.217. The number of nitrogens with zero attached hydrogens (tertiary/aromatic N) is 1. The minimum absolute atomic E-state index is 0.165. The minimum atomic E-state index is -0.187. The molecule has 5 nitrogen and oxygen atoms in total. The Labute approximate surface area is 134 Å². The van der Waals surface area contributed by atoms with Gasteiger partial charge in [0.25, 0.3) is 0 Å². The second-order valence-electron chi connectivity index (χ2n) is 5.27. The number of benzene rings is 1. The van der Waals surface area contributed by atoms with Crippen molar-refractivity contribution in [2.45, 2.75) is 40.2 Å². The Balaban J connectivity index is 2.42. The number of nitrogens with one attached hydrogen (secondary N) is 2. The quantitative estimate of drug-likeness (QED) is 0.736. The Kier molecular flexibility index (Phi) is 8.36. The first-order chi connectivity index (χ1) is 10.6. The second kappa shape index (κ2) is 10.1. The van der Waals surface area contributed by atoms with Crippen LogP contribution in [0.3, 0.4) is 0 Å². The average molecular weight is 307 g/mol. The van der Waals surface area contributed by atoms with E-state index in [9.17, 15) is 4.79 Å². The molecule has 1 atom stereocenters. The summed E-state index contributed by atoms with van der Waals surface area (Å²) in [6, 6.07) is 7.29. The van der Waals surface area contributed by atoms with E-state index in [0.717, 1.165) is 37.5 Å². The molecule has 0 aromatic heterocycles. The number of rotatable bonds is 9. The molecule has 1 unspecified atom stereocenters. The van der Waals surface area contributed by atoms with E-state index in [1.54, 1.807) is 0 Å². The van der Waals surface area contributed by atoms with Crippen LogP contribution in [0.2, 0.25) is 0 Å². The van der Waals surface area contributed by atoms with Gasteiger partial charge in [-0.05, 0) is 38.6 Å². The normalized spacial score (nSPS) is 12.0. The molecule has 124 valence electrons. The van der Waals surface area contributed by atoms with Crippen molar-refractivity contribution in [3.63, 3.8) is 0 Å². The van der Waals surface area contributed by atoms with Crippen molar-refractivity contribution in [2.24, 2.45) is 0 Å². The first kappa shape index (κ1) is 18.3. The van der Waals surface area contributed by atoms with Crippen molar-refractivity contribution in [3.8, 4) is 5.75 Å². The Morgan fingerprint density at radius 3 is 2.64 bits per heavy atom. The summed E-state index contributed by atoms with van der Waals surface area (Å²) in [6.07, 6.45) is 1.11. The molecule has 0 bridgehead atoms. The number of likely N-dealkylation sites (N-methyl/N-ethyl adjacent to an activating group) is 1. The predicted molar refractivity (Wildman–Crippen MR) is 91.6 cm³/mol. The molecule has 2 N–H and O–H groups in total. The van der Waals surface area contributed by atoms with Crippen molar-refractivity contribution in [1.29, 1.82) is 0 Å². The minimum Gasteiger partial charge on any atom is -0.491 e. The lowest BCUT2D eigenvalue weighted by atomic mass is 10.3. The largest absolute Gasteiger partial charge is 0.491 e. The van der Waals surface area contributed by atoms with Crippen LogP contribution in [0.4, 0.5) is 10.5 Å². The molecule has 0 heterocycles. The van der Waals surface area contributed by atoms with Gasteiger partial charge in [-0.3, -0.25) is 0 Å². The first-order valence-corrected chi connectivity index (χ1v) is 8.12. The molecule has 0 aliphatic rings. The maximum Gasteiger partial charge on any atom is 0.319 e. The van der Waals surface area contributed by atoms with Gasteiger partial charge >= 0.3 is 6.03 Å². The Bertz CT molecular complexity index is 447. The molecule has 0 radical (unpaired) electrons. The van der Waals surface area contributed by atoms with E-state index in [2.05, 4.69) is 36.3 Å². The van der Waals surface area contributed by atoms with Crippen LogP contribution in [0.1, 0.15) is 34.1 Å². The summed E-state index contributed by atoms with van der Waals surface area (Å²) in [5, 5.41) is 5.70. The van der Waals surface area contributed by atoms with E-state index in [-0.39, 0.29) is 12.1 Å². The number of anilines is 1. The van der Waals surface area contributed by atoms with E-state index in [4.69, 9.17) is 4.74 Å². The van der Waals surface area contributed by atoms with E-state index in [1.807, 2.05) is 31.2 Å². The molecule has 0 aliphatic heterocycles. The molecular formula is C17H29N3O2. The predicted octanol–water partition coefficient (Wildman–Crippen LogP) is 3.33. The monoisotopic (exact) mass is 307 g/mol. The van der Waals surface area contributed by atoms with Crippen LogP contribution in [-0.2, 0) is 0 Å². The molecule has 0 saturated heterocycles. The third-order valence-electron chi connectivity index (χ3n) is 3.61. The lowest BCUT2D eigenvalue weighted by Crippen LogP contribution is -2.36. The summed E-state index contributed by atoms with van der Waals surface area (Å²) in [7, 11) is 0. The van der Waals surface area contributed by atoms with Gasteiger partial charge in [-0.25, -0.2) is 4.79 Å². The van der Waals surface area contributed by atoms with Crippen LogP contribution in [-0.4, -0.2) is 43.2 Å². The van der Waals surface area contributed by atoms with Gasteiger partial charge in [0.2, 0.25) is 0 Å². The van der Waals surface area contributed by atoms with Gasteiger partial charge in [0.05, 0.1) is 6.10 Å². The molecular weight excluding hydrogens is 278 g/mol. The highest BCUT2D eigenvalue weighted by atomic mass is 16.5. The van der Waals surface area contributed by atoms with Crippen LogP contribution in [0, 0.1) is 0 Å². The van der Waals surface area contributed by atoms with Gasteiger partial charge in [0.1, 0.15) is 5.75 Å². The van der Waals surface area contributed by atoms with E-state index >= 15 is 0 Å². The first-order valence-electron chi connectivity index (χ1n) is 8.12. The molecule has 1 rings (SSSR count). The highest BCUT2D eigenvalue weighted by Crippen LogP contribution is 2.19. The van der Waals surface area contributed by atoms with Gasteiger partial charge in [-0.15, -0.1) is 0 Å². The summed E-state index contributed by atoms with van der Waals surface area (Å²) < 4.78 is 5.75. The van der Waals surface area contributed by atoms with Crippen molar-refractivity contribution in [1.82, 2.24) is 10.2 Å². The zero-order valence-corrected chi connectivity index (χ0v) is 14.2. The van der Waals surface area contributed by atoms with Crippen molar-refractivity contribution in [2.75, 3.05) is 31.5 Å². The lowest BCUT2D eigenvalue weighted by Gasteiger charge is -2.18. The zero-order valence-electron chi connectivity index (χ0n) is 14.2. The third-order valence-corrected chi connectivity index (χ3v) is 3.61. The molecule has 1 aromatic carbocycles. The SMILES string of the molecule is CCC(C)Oc1cccc(NC(=O)NCCN(CC)CC)c1. The van der Waals surface area contributed by atoms with Gasteiger partial charge in [0, 0.05) is 24.8 Å². The summed E-state index contributed by atoms with van der Waals surface area (Å²) in [5.74, 6) is 0.773. The molecule has 22 heavy (non-hydrogen) atoms. The third kappa shape index (κ3) is 6.80. The standard InChI is InChI=1S/C17H29N3O2/c1-5-14(4)22-16-10-8-9-15(13-16)19-17(21)18-11-12-20(6-2)7-3/h8-10,13-14H,5-7,11-12H2,1-4H3,(H2,18,19,21). The Morgan fingerprint density at radius 1 is 1.27 bits per heavy atom. The summed E-state index contributed by atoms with van der Waals surface area (Å²) in [5.41, 5.74) is 0.737. The van der Waals surface area contributed by atoms with Crippen molar-refractivity contribution < 1.29 is 9.53 Å². The van der Waals surface area contributed by atoms with Crippen LogP contribution >= 0.6 is 0 Å². The van der Waals surface area contributed by atoms with E-state index < -0.39 is 0 Å². The summed E-state index contributed by atoms with van der Waals surface area (Å²) in [4.78, 5) is 14.1. The van der Waals surface area contributed by atoms with Crippen LogP contribution < -0.4 is 15.4 Å². The van der Waals surface area contributed by atoms with E-state index in [1.165, 1.54) is 0 Å². The summed E-state index contributed by atoms with van der Waals surface area (Å²) in [6.45, 7) is 11.8. The topological polar surface area (TPSA) is 53.6 Å². The average Bonchev–Trinajstić information content (AvgIpc) is 2.51. The molecule has 5 heteroatoms. The number of carbonyl (C=O) groups is 1. The van der Waals surface area contributed by atoms with Gasteiger partial charge in [-0.2, -0.15) is 0 Å². The maximum absolute atomic E-state index is 11.9. The van der Waals surface area contributed by atoms with Crippen LogP contribution in [0.25, 0.3) is 0 Å². The van der Waals surface area contributed by atoms with E-state index in [0.29, 0.717) is 6.54 Å². The number of ether oxygens (including phenoxy) is 1. The number of hydrogen-bond donors (Lipinski definition) is 2. The molecule has 0 fully saturated rings. The molecule has 1 aromatic rings. The molecule has 2 amide bonds. The fourth-order valence-electron chi connectivity index (χ4n) is 2.01. The Hall–Kier alpha value is -1.75. The maximum atomic E-state index is 11.9. The molecule has 0 spiro atoms. The number of amides is 2. The Morgan fingerprint density at radius 2 is 2.00 bits per heavy atom. The fourth-order valence-corrected chi connectivity index (χ4v) is 2.01. The van der Waals surface area contributed by atoms with Crippen molar-refractivity contribution >= 4 is 11.7 Å². The highest BCUT2D eigenvalue weighted by molar-refractivity contribution is 5.89. The van der Waals surface area contributed by atoms with Crippen molar-refractivity contribution in [3.05, 3.63) is 24.3 Å².